The fourth-order valence-electron chi connectivity index (χ4n) is 6.73. The normalized spacial score (nSPS) is 24.7. The minimum Gasteiger partial charge on any atom is -0.294 e. The summed E-state index contributed by atoms with van der Waals surface area (Å²) in [6.07, 6.45) is 6.21. The molecule has 0 heterocycles. The van der Waals surface area contributed by atoms with Gasteiger partial charge in [0.15, 0.2) is 11.6 Å². The maximum absolute atomic E-state index is 13.2. The van der Waals surface area contributed by atoms with Crippen molar-refractivity contribution in [2.24, 2.45) is 5.92 Å². The van der Waals surface area contributed by atoms with Crippen molar-refractivity contribution in [3.05, 3.63) is 118 Å². The van der Waals surface area contributed by atoms with Gasteiger partial charge in [-0.3, -0.25) is 9.59 Å². The number of fused-ring (bicyclic) bond motifs is 3. The van der Waals surface area contributed by atoms with E-state index in [2.05, 4.69) is 42.5 Å². The zero-order valence-electron chi connectivity index (χ0n) is 17.0. The van der Waals surface area contributed by atoms with E-state index in [1.807, 2.05) is 30.3 Å². The molecule has 0 fully saturated rings. The van der Waals surface area contributed by atoms with Gasteiger partial charge in [-0.2, -0.15) is 0 Å². The quantitative estimate of drug-likeness (QED) is 0.478. The van der Waals surface area contributed by atoms with Gasteiger partial charge in [-0.05, 0) is 63.8 Å². The van der Waals surface area contributed by atoms with E-state index in [9.17, 15) is 9.59 Å². The molecule has 0 bridgehead atoms. The van der Waals surface area contributed by atoms with Crippen molar-refractivity contribution < 1.29 is 9.59 Å². The van der Waals surface area contributed by atoms with E-state index in [1.54, 1.807) is 6.08 Å². The summed E-state index contributed by atoms with van der Waals surface area (Å²) in [5.74, 6) is 0.480. The van der Waals surface area contributed by atoms with E-state index in [1.165, 1.54) is 22.3 Å². The number of rotatable bonds is 0. The second-order valence-electron chi connectivity index (χ2n) is 9.09. The van der Waals surface area contributed by atoms with Gasteiger partial charge in [0.2, 0.25) is 0 Å². The molecule has 0 N–H and O–H groups in total. The molecule has 31 heavy (non-hydrogen) atoms. The molecule has 0 radical (unpaired) electrons. The second kappa shape index (κ2) is 5.79. The Morgan fingerprint density at radius 1 is 0.742 bits per heavy atom. The predicted octanol–water partition coefficient (Wildman–Crippen LogP) is 5.80. The minimum atomic E-state index is -0.396. The summed E-state index contributed by atoms with van der Waals surface area (Å²) >= 11 is 0. The largest absolute Gasteiger partial charge is 0.294 e. The Balaban J connectivity index is 1.72. The molecule has 2 atom stereocenters. The molecule has 4 aliphatic carbocycles. The SMILES string of the molecule is O=C1C[C@H]2CCc3ccccc3C3=C4C=CC(=O)c5cccc(c54)[C@@]32c2ccccc21. The average Bonchev–Trinajstić information content (AvgIpc) is 3.01. The zero-order valence-corrected chi connectivity index (χ0v) is 17.0. The van der Waals surface area contributed by atoms with Crippen LogP contribution in [0.15, 0.2) is 78.9 Å². The molecular weight excluding hydrogens is 380 g/mol. The fraction of sp³-hybridized carbons (Fsp3) is 0.172. The van der Waals surface area contributed by atoms with E-state index < -0.39 is 5.41 Å². The van der Waals surface area contributed by atoms with Crippen molar-refractivity contribution in [2.75, 3.05) is 0 Å². The molecular formula is C29H20O2. The van der Waals surface area contributed by atoms with Crippen molar-refractivity contribution in [2.45, 2.75) is 24.7 Å². The molecule has 0 amide bonds. The van der Waals surface area contributed by atoms with Crippen LogP contribution in [0.5, 0.6) is 0 Å². The number of carbonyl (C=O) groups is 2. The smallest absolute Gasteiger partial charge is 0.186 e. The van der Waals surface area contributed by atoms with E-state index in [4.69, 9.17) is 0 Å². The van der Waals surface area contributed by atoms with E-state index in [0.717, 1.165) is 40.7 Å². The van der Waals surface area contributed by atoms with Crippen LogP contribution in [0, 0.1) is 5.92 Å². The molecule has 3 aromatic carbocycles. The Morgan fingerprint density at radius 2 is 1.48 bits per heavy atom. The van der Waals surface area contributed by atoms with E-state index in [-0.39, 0.29) is 17.5 Å². The third kappa shape index (κ3) is 1.94. The molecule has 148 valence electrons. The molecule has 7 rings (SSSR count). The van der Waals surface area contributed by atoms with Crippen molar-refractivity contribution in [3.8, 4) is 0 Å². The highest BCUT2D eigenvalue weighted by Gasteiger charge is 2.57. The highest BCUT2D eigenvalue weighted by atomic mass is 16.1. The number of ketones is 2. The number of allylic oxidation sites excluding steroid dienone is 4. The lowest BCUT2D eigenvalue weighted by Gasteiger charge is -2.44. The van der Waals surface area contributed by atoms with Gasteiger partial charge in [0.1, 0.15) is 0 Å². The predicted molar refractivity (Wildman–Crippen MR) is 121 cm³/mol. The second-order valence-corrected chi connectivity index (χ2v) is 9.09. The van der Waals surface area contributed by atoms with Crippen LogP contribution in [0.4, 0.5) is 0 Å². The van der Waals surface area contributed by atoms with Gasteiger partial charge in [0, 0.05) is 17.5 Å². The molecule has 0 saturated carbocycles. The summed E-state index contributed by atoms with van der Waals surface area (Å²) in [4.78, 5) is 26.0. The Morgan fingerprint density at radius 3 is 2.39 bits per heavy atom. The third-order valence-electron chi connectivity index (χ3n) is 7.83. The summed E-state index contributed by atoms with van der Waals surface area (Å²) < 4.78 is 0. The molecule has 2 nitrogen and oxygen atoms in total. The fourth-order valence-corrected chi connectivity index (χ4v) is 6.73. The van der Waals surface area contributed by atoms with Crippen LogP contribution in [0.3, 0.4) is 0 Å². The number of carbonyl (C=O) groups excluding carboxylic acids is 2. The first kappa shape index (κ1) is 17.2. The van der Waals surface area contributed by atoms with Crippen LogP contribution in [-0.2, 0) is 11.8 Å². The molecule has 0 saturated heterocycles. The van der Waals surface area contributed by atoms with Crippen LogP contribution < -0.4 is 0 Å². The lowest BCUT2D eigenvalue weighted by atomic mass is 9.56. The van der Waals surface area contributed by atoms with Gasteiger partial charge in [0.25, 0.3) is 0 Å². The minimum absolute atomic E-state index is 0.0686. The Hall–Kier alpha value is -3.52. The highest BCUT2D eigenvalue weighted by Crippen LogP contribution is 2.64. The van der Waals surface area contributed by atoms with Gasteiger partial charge in [-0.1, -0.05) is 72.8 Å². The number of benzene rings is 3. The van der Waals surface area contributed by atoms with Gasteiger partial charge in [-0.25, -0.2) is 0 Å². The Bertz CT molecular complexity index is 1400. The van der Waals surface area contributed by atoms with Gasteiger partial charge in [-0.15, -0.1) is 0 Å². The van der Waals surface area contributed by atoms with E-state index >= 15 is 0 Å². The highest BCUT2D eigenvalue weighted by molar-refractivity contribution is 6.21. The standard InChI is InChI=1S/C29H20O2/c30-25-15-14-22-27-21(25)9-5-11-24(27)29-18(16-26(31)20-8-3-4-10-23(20)29)13-12-17-6-1-2-7-19(17)28(22)29/h1-11,14-15,18H,12-13,16H2/t18-,29-/m1/s1. The number of hydrogen-bond acceptors (Lipinski definition) is 2. The summed E-state index contributed by atoms with van der Waals surface area (Å²) in [6.45, 7) is 0. The molecule has 0 unspecified atom stereocenters. The summed E-state index contributed by atoms with van der Waals surface area (Å²) in [5, 5.41) is 0. The number of Topliss-reactive ketones (excluding diaryl/α,β-unsaturated/α-hetero) is 1. The van der Waals surface area contributed by atoms with Gasteiger partial charge < -0.3 is 0 Å². The zero-order chi connectivity index (χ0) is 20.7. The number of aryl methyl sites for hydroxylation is 1. The lowest BCUT2D eigenvalue weighted by molar-refractivity contribution is 0.0926. The molecule has 0 aromatic heterocycles. The maximum atomic E-state index is 13.2. The summed E-state index contributed by atoms with van der Waals surface area (Å²) in [5.41, 5.74) is 9.67. The van der Waals surface area contributed by atoms with Crippen molar-refractivity contribution in [3.63, 3.8) is 0 Å². The van der Waals surface area contributed by atoms with Crippen molar-refractivity contribution in [1.29, 1.82) is 0 Å². The monoisotopic (exact) mass is 400 g/mol. The first-order valence-electron chi connectivity index (χ1n) is 11.0. The van der Waals surface area contributed by atoms with Gasteiger partial charge >= 0.3 is 0 Å². The molecule has 0 aliphatic heterocycles. The molecule has 1 spiro atoms. The summed E-state index contributed by atoms with van der Waals surface area (Å²) in [7, 11) is 0. The van der Waals surface area contributed by atoms with Crippen LogP contribution in [0.1, 0.15) is 61.4 Å². The third-order valence-corrected chi connectivity index (χ3v) is 7.83. The van der Waals surface area contributed by atoms with Crippen molar-refractivity contribution >= 4 is 22.7 Å². The first-order valence-corrected chi connectivity index (χ1v) is 11.0. The molecule has 2 heteroatoms. The van der Waals surface area contributed by atoms with E-state index in [0.29, 0.717) is 6.42 Å². The van der Waals surface area contributed by atoms with Crippen LogP contribution in [-0.4, -0.2) is 11.6 Å². The first-order chi connectivity index (χ1) is 15.2. The lowest BCUT2D eigenvalue weighted by Crippen LogP contribution is -2.42. The van der Waals surface area contributed by atoms with Crippen LogP contribution in [0.2, 0.25) is 0 Å². The molecule has 3 aromatic rings. The average molecular weight is 400 g/mol. The number of hydrogen-bond donors (Lipinski definition) is 0. The Labute approximate surface area is 180 Å². The van der Waals surface area contributed by atoms with Gasteiger partial charge in [0.05, 0.1) is 5.41 Å². The topological polar surface area (TPSA) is 34.1 Å². The van der Waals surface area contributed by atoms with Crippen LogP contribution in [0.25, 0.3) is 11.1 Å². The molecule has 4 aliphatic rings. The van der Waals surface area contributed by atoms with Crippen molar-refractivity contribution in [1.82, 2.24) is 0 Å². The maximum Gasteiger partial charge on any atom is 0.186 e. The Kier molecular flexibility index (Phi) is 3.21. The summed E-state index contributed by atoms with van der Waals surface area (Å²) in [6, 6.07) is 23.0. The van der Waals surface area contributed by atoms with Crippen LogP contribution >= 0.6 is 0 Å².